The van der Waals surface area contributed by atoms with E-state index in [-0.39, 0.29) is 12.8 Å². The molecule has 138 valence electrons. The molecule has 0 aliphatic carbocycles. The predicted octanol–water partition coefficient (Wildman–Crippen LogP) is -0.109. The van der Waals surface area contributed by atoms with E-state index in [2.05, 4.69) is 0 Å². The molecular weight excluding hydrogens is 334 g/mol. The van der Waals surface area contributed by atoms with Gasteiger partial charge in [0.15, 0.2) is 6.10 Å². The van der Waals surface area contributed by atoms with E-state index in [1.54, 1.807) is 31.2 Å². The average Bonchev–Trinajstić information content (AvgIpc) is 2.56. The van der Waals surface area contributed by atoms with Crippen LogP contribution in [0.3, 0.4) is 0 Å². The monoisotopic (exact) mass is 355 g/mol. The first-order valence-electron chi connectivity index (χ1n) is 7.73. The van der Waals surface area contributed by atoms with Crippen LogP contribution in [0.5, 0.6) is 5.75 Å². The smallest absolute Gasteiger partial charge is 0.306 e. The van der Waals surface area contributed by atoms with Crippen LogP contribution in [0.15, 0.2) is 24.3 Å². The Labute approximate surface area is 143 Å². The van der Waals surface area contributed by atoms with Gasteiger partial charge < -0.3 is 35.3 Å². The number of nitrogen functional groups attached to an aromatic ring is 1. The lowest BCUT2D eigenvalue weighted by atomic mass is 9.99. The second-order valence-corrected chi connectivity index (χ2v) is 5.73. The molecule has 9 heteroatoms. The molecule has 1 saturated heterocycles. The van der Waals surface area contributed by atoms with Gasteiger partial charge in [-0.1, -0.05) is 0 Å². The molecule has 1 fully saturated rings. The van der Waals surface area contributed by atoms with Gasteiger partial charge in [0.2, 0.25) is 6.29 Å². The minimum absolute atomic E-state index is 0.341. The zero-order chi connectivity index (χ0) is 18.6. The van der Waals surface area contributed by atoms with Crippen LogP contribution < -0.4 is 10.5 Å². The molecule has 2 rings (SSSR count). The van der Waals surface area contributed by atoms with Crippen molar-refractivity contribution in [1.82, 2.24) is 0 Å². The number of carbonyl (C=O) groups excluding carboxylic acids is 1. The Morgan fingerprint density at radius 2 is 1.80 bits per heavy atom. The summed E-state index contributed by atoms with van der Waals surface area (Å²) in [5.74, 6) is -1.55. The Hall–Kier alpha value is -2.36. The fraction of sp³-hybridized carbons (Fsp3) is 0.500. The molecule has 0 radical (unpaired) electrons. The second kappa shape index (κ2) is 8.15. The first-order valence-corrected chi connectivity index (χ1v) is 7.73. The highest BCUT2D eigenvalue weighted by Gasteiger charge is 2.46. The zero-order valence-corrected chi connectivity index (χ0v) is 13.6. The highest BCUT2D eigenvalue weighted by atomic mass is 16.7. The molecule has 5 unspecified atom stereocenters. The first kappa shape index (κ1) is 19.0. The van der Waals surface area contributed by atoms with E-state index in [0.717, 1.165) is 0 Å². The highest BCUT2D eigenvalue weighted by molar-refractivity contribution is 5.76. The Morgan fingerprint density at radius 1 is 1.16 bits per heavy atom. The van der Waals surface area contributed by atoms with Gasteiger partial charge in [-0.05, 0) is 31.2 Å². The predicted molar refractivity (Wildman–Crippen MR) is 84.6 cm³/mol. The Balaban J connectivity index is 1.96. The van der Waals surface area contributed by atoms with Crippen LogP contribution in [-0.4, -0.2) is 58.0 Å². The molecule has 9 nitrogen and oxygen atoms in total. The number of hydrogen-bond acceptors (Lipinski definition) is 8. The molecule has 0 spiro atoms. The van der Waals surface area contributed by atoms with Crippen molar-refractivity contribution in [1.29, 1.82) is 0 Å². The molecule has 0 aromatic heterocycles. The molecule has 0 bridgehead atoms. The number of nitrogens with two attached hydrogens (primary N) is 1. The maximum Gasteiger partial charge on any atom is 0.306 e. The summed E-state index contributed by atoms with van der Waals surface area (Å²) in [5.41, 5.74) is 6.12. The van der Waals surface area contributed by atoms with Crippen LogP contribution in [0, 0.1) is 0 Å². The van der Waals surface area contributed by atoms with Crippen molar-refractivity contribution >= 4 is 17.6 Å². The molecule has 0 amide bonds. The molecule has 0 saturated carbocycles. The summed E-state index contributed by atoms with van der Waals surface area (Å²) < 4.78 is 16.0. The summed E-state index contributed by atoms with van der Waals surface area (Å²) in [7, 11) is 0. The van der Waals surface area contributed by atoms with E-state index in [9.17, 15) is 19.8 Å². The molecule has 1 aromatic rings. The third kappa shape index (κ3) is 5.05. The number of benzene rings is 1. The van der Waals surface area contributed by atoms with Gasteiger partial charge in [-0.3, -0.25) is 9.59 Å². The van der Waals surface area contributed by atoms with Crippen molar-refractivity contribution in [3.8, 4) is 5.75 Å². The second-order valence-electron chi connectivity index (χ2n) is 5.73. The molecule has 1 aliphatic heterocycles. The Kier molecular flexibility index (Phi) is 6.18. The van der Waals surface area contributed by atoms with E-state index in [1.807, 2.05) is 0 Å². The third-order valence-corrected chi connectivity index (χ3v) is 3.72. The van der Waals surface area contributed by atoms with Crippen LogP contribution in [0.25, 0.3) is 0 Å². The quantitative estimate of drug-likeness (QED) is 0.405. The van der Waals surface area contributed by atoms with Gasteiger partial charge in [0.1, 0.15) is 18.0 Å². The van der Waals surface area contributed by atoms with Crippen LogP contribution in [0.4, 0.5) is 5.69 Å². The number of carboxylic acids is 1. The Morgan fingerprint density at radius 3 is 2.40 bits per heavy atom. The van der Waals surface area contributed by atoms with E-state index < -0.39 is 42.6 Å². The lowest BCUT2D eigenvalue weighted by Gasteiger charge is -2.40. The maximum absolute atomic E-state index is 11.6. The van der Waals surface area contributed by atoms with Gasteiger partial charge >= 0.3 is 11.9 Å². The largest absolute Gasteiger partial charge is 0.481 e. The standard InChI is InChI=1S/C16H21NO8/c1-8-15(25-12(20)7-6-11(18)19)13(21)14(22)16(23-8)24-10-4-2-9(17)3-5-10/h2-5,8,13-16,21-22H,6-7,17H2,1H3,(H,18,19). The number of ether oxygens (including phenoxy) is 3. The fourth-order valence-electron chi connectivity index (χ4n) is 2.37. The van der Waals surface area contributed by atoms with E-state index in [1.165, 1.54) is 0 Å². The number of aliphatic hydroxyl groups excluding tert-OH is 2. The first-order chi connectivity index (χ1) is 11.8. The third-order valence-electron chi connectivity index (χ3n) is 3.72. The molecule has 5 atom stereocenters. The van der Waals surface area contributed by atoms with Gasteiger partial charge in [-0.25, -0.2) is 0 Å². The highest BCUT2D eigenvalue weighted by Crippen LogP contribution is 2.26. The summed E-state index contributed by atoms with van der Waals surface area (Å²) in [6, 6.07) is 6.38. The molecule has 25 heavy (non-hydrogen) atoms. The van der Waals surface area contributed by atoms with E-state index in [0.29, 0.717) is 11.4 Å². The molecule has 1 aromatic carbocycles. The number of carboxylic acid groups (broad SMARTS) is 1. The number of anilines is 1. The van der Waals surface area contributed by atoms with Crippen LogP contribution in [0.1, 0.15) is 19.8 Å². The summed E-state index contributed by atoms with van der Waals surface area (Å²) in [4.78, 5) is 22.1. The number of rotatable bonds is 6. The number of esters is 1. The average molecular weight is 355 g/mol. The summed E-state index contributed by atoms with van der Waals surface area (Å²) in [6.07, 6.45) is -6.71. The number of carbonyl (C=O) groups is 2. The minimum atomic E-state index is -1.47. The topological polar surface area (TPSA) is 149 Å². The molecular formula is C16H21NO8. The zero-order valence-electron chi connectivity index (χ0n) is 13.6. The minimum Gasteiger partial charge on any atom is -0.481 e. The van der Waals surface area contributed by atoms with E-state index >= 15 is 0 Å². The van der Waals surface area contributed by atoms with Gasteiger partial charge in [0, 0.05) is 5.69 Å². The van der Waals surface area contributed by atoms with Crippen molar-refractivity contribution < 1.29 is 39.1 Å². The lowest BCUT2D eigenvalue weighted by Crippen LogP contribution is -2.59. The SMILES string of the molecule is CC1OC(Oc2ccc(N)cc2)C(O)C(O)C1OC(=O)CCC(=O)O. The van der Waals surface area contributed by atoms with Crippen molar-refractivity contribution in [2.24, 2.45) is 0 Å². The Bertz CT molecular complexity index is 605. The van der Waals surface area contributed by atoms with Crippen LogP contribution in [-0.2, 0) is 19.1 Å². The molecule has 1 aliphatic rings. The number of aliphatic hydroxyl groups is 2. The summed E-state index contributed by atoms with van der Waals surface area (Å²) >= 11 is 0. The molecule has 5 N–H and O–H groups in total. The number of hydrogen-bond donors (Lipinski definition) is 4. The van der Waals surface area contributed by atoms with Crippen LogP contribution >= 0.6 is 0 Å². The van der Waals surface area contributed by atoms with Crippen LogP contribution in [0.2, 0.25) is 0 Å². The summed E-state index contributed by atoms with van der Waals surface area (Å²) in [6.45, 7) is 1.55. The number of aliphatic carboxylic acids is 1. The van der Waals surface area contributed by atoms with Crippen molar-refractivity contribution in [2.45, 2.75) is 50.5 Å². The van der Waals surface area contributed by atoms with Crippen molar-refractivity contribution in [3.05, 3.63) is 24.3 Å². The fourth-order valence-corrected chi connectivity index (χ4v) is 2.37. The van der Waals surface area contributed by atoms with Gasteiger partial charge in [-0.15, -0.1) is 0 Å². The van der Waals surface area contributed by atoms with Gasteiger partial charge in [0.05, 0.1) is 18.9 Å². The van der Waals surface area contributed by atoms with Crippen molar-refractivity contribution in [3.63, 3.8) is 0 Å². The van der Waals surface area contributed by atoms with Crippen molar-refractivity contribution in [2.75, 3.05) is 5.73 Å². The van der Waals surface area contributed by atoms with Gasteiger partial charge in [-0.2, -0.15) is 0 Å². The summed E-state index contributed by atoms with van der Waals surface area (Å²) in [5, 5.41) is 28.9. The molecule has 1 heterocycles. The lowest BCUT2D eigenvalue weighted by molar-refractivity contribution is -0.272. The van der Waals surface area contributed by atoms with Gasteiger partial charge in [0.25, 0.3) is 0 Å². The maximum atomic E-state index is 11.6. The normalized spacial score (nSPS) is 29.0. The van der Waals surface area contributed by atoms with E-state index in [4.69, 9.17) is 25.1 Å².